The minimum Gasteiger partial charge on any atom is -0.376 e. The van der Waals surface area contributed by atoms with Crippen molar-refractivity contribution in [2.45, 2.75) is 6.92 Å². The van der Waals surface area contributed by atoms with Crippen LogP contribution in [0.3, 0.4) is 0 Å². The van der Waals surface area contributed by atoms with Crippen LogP contribution in [0.4, 0.5) is 17.1 Å². The van der Waals surface area contributed by atoms with E-state index in [0.717, 1.165) is 11.3 Å². The van der Waals surface area contributed by atoms with Crippen molar-refractivity contribution in [3.05, 3.63) is 63.2 Å². The molecule has 0 saturated carbocycles. The van der Waals surface area contributed by atoms with E-state index in [1.54, 1.807) is 18.2 Å². The van der Waals surface area contributed by atoms with E-state index in [1.807, 2.05) is 13.0 Å². The van der Waals surface area contributed by atoms with Crippen LogP contribution in [0, 0.1) is 17.0 Å². The van der Waals surface area contributed by atoms with Gasteiger partial charge in [0, 0.05) is 28.5 Å². The lowest BCUT2D eigenvalue weighted by atomic mass is 10.2. The smallest absolute Gasteiger partial charge is 0.271 e. The lowest BCUT2D eigenvalue weighted by molar-refractivity contribution is -0.384. The Morgan fingerprint density at radius 2 is 2.05 bits per heavy atom. The maximum atomic E-state index is 11.9. The van der Waals surface area contributed by atoms with E-state index in [4.69, 9.17) is 11.6 Å². The molecule has 0 unspecified atom stereocenters. The second kappa shape index (κ2) is 6.91. The minimum atomic E-state index is -0.511. The maximum absolute atomic E-state index is 11.9. The Bertz CT molecular complexity index is 719. The second-order valence-electron chi connectivity index (χ2n) is 4.67. The number of carbonyl (C=O) groups excluding carboxylic acids is 1. The zero-order valence-corrected chi connectivity index (χ0v) is 12.6. The Kier molecular flexibility index (Phi) is 4.95. The highest BCUT2D eigenvalue weighted by Gasteiger charge is 2.08. The van der Waals surface area contributed by atoms with Gasteiger partial charge in [-0.2, -0.15) is 0 Å². The largest absolute Gasteiger partial charge is 0.376 e. The molecule has 0 aliphatic carbocycles. The number of aryl methyl sites for hydroxylation is 1. The van der Waals surface area contributed by atoms with Crippen LogP contribution in [0.5, 0.6) is 0 Å². The van der Waals surface area contributed by atoms with Crippen LogP contribution in [-0.2, 0) is 4.79 Å². The summed E-state index contributed by atoms with van der Waals surface area (Å²) >= 11 is 5.90. The molecule has 0 fully saturated rings. The molecule has 1 amide bonds. The fourth-order valence-electron chi connectivity index (χ4n) is 1.86. The summed E-state index contributed by atoms with van der Waals surface area (Å²) < 4.78 is 0. The molecule has 2 aromatic carbocycles. The summed E-state index contributed by atoms with van der Waals surface area (Å²) in [5.41, 5.74) is 2.04. The van der Waals surface area contributed by atoms with Crippen LogP contribution in [0.2, 0.25) is 5.02 Å². The summed E-state index contributed by atoms with van der Waals surface area (Å²) in [6.07, 6.45) is 0. The molecule has 0 saturated heterocycles. The van der Waals surface area contributed by atoms with Gasteiger partial charge in [-0.3, -0.25) is 14.9 Å². The van der Waals surface area contributed by atoms with E-state index in [0.29, 0.717) is 10.7 Å². The van der Waals surface area contributed by atoms with E-state index < -0.39 is 4.92 Å². The molecule has 0 spiro atoms. The molecule has 6 nitrogen and oxygen atoms in total. The van der Waals surface area contributed by atoms with Gasteiger partial charge in [-0.1, -0.05) is 23.7 Å². The Morgan fingerprint density at radius 1 is 1.27 bits per heavy atom. The first-order valence-corrected chi connectivity index (χ1v) is 6.88. The molecule has 2 aromatic rings. The first-order chi connectivity index (χ1) is 10.5. The average Bonchev–Trinajstić information content (AvgIpc) is 2.48. The van der Waals surface area contributed by atoms with E-state index in [2.05, 4.69) is 10.6 Å². The second-order valence-corrected chi connectivity index (χ2v) is 5.10. The number of halogens is 1. The number of hydrogen-bond acceptors (Lipinski definition) is 4. The number of nitrogens with zero attached hydrogens (tertiary/aromatic N) is 1. The molecule has 2 rings (SSSR count). The Morgan fingerprint density at radius 3 is 2.77 bits per heavy atom. The highest BCUT2D eigenvalue weighted by Crippen LogP contribution is 2.20. The van der Waals surface area contributed by atoms with Gasteiger partial charge in [0.1, 0.15) is 0 Å². The molecule has 0 radical (unpaired) electrons. The number of rotatable bonds is 5. The number of amides is 1. The lowest BCUT2D eigenvalue weighted by Crippen LogP contribution is -2.22. The number of non-ortho nitro benzene ring substituents is 1. The summed E-state index contributed by atoms with van der Waals surface area (Å²) in [7, 11) is 0. The van der Waals surface area contributed by atoms with Gasteiger partial charge in [-0.05, 0) is 30.7 Å². The Balaban J connectivity index is 1.97. The van der Waals surface area contributed by atoms with Crippen molar-refractivity contribution in [1.82, 2.24) is 0 Å². The summed E-state index contributed by atoms with van der Waals surface area (Å²) in [6.45, 7) is 1.93. The average molecular weight is 320 g/mol. The third-order valence-corrected chi connectivity index (χ3v) is 3.21. The third-order valence-electron chi connectivity index (χ3n) is 2.98. The normalized spacial score (nSPS) is 10.1. The summed E-state index contributed by atoms with van der Waals surface area (Å²) in [5, 5.41) is 16.8. The Hall–Kier alpha value is -2.60. The van der Waals surface area contributed by atoms with Crippen molar-refractivity contribution in [2.75, 3.05) is 17.2 Å². The van der Waals surface area contributed by atoms with E-state index in [-0.39, 0.29) is 18.1 Å². The summed E-state index contributed by atoms with van der Waals surface area (Å²) in [6, 6.07) is 11.1. The number of nitrogens with one attached hydrogen (secondary N) is 2. The van der Waals surface area contributed by atoms with Gasteiger partial charge >= 0.3 is 0 Å². The van der Waals surface area contributed by atoms with Gasteiger partial charge in [0.2, 0.25) is 5.91 Å². The highest BCUT2D eigenvalue weighted by atomic mass is 35.5. The number of benzene rings is 2. The van der Waals surface area contributed by atoms with Gasteiger partial charge in [0.05, 0.1) is 11.5 Å². The van der Waals surface area contributed by atoms with Gasteiger partial charge < -0.3 is 10.6 Å². The zero-order chi connectivity index (χ0) is 16.1. The molecule has 0 bridgehead atoms. The van der Waals surface area contributed by atoms with Gasteiger partial charge in [0.15, 0.2) is 0 Å². The molecule has 0 aliphatic heterocycles. The van der Waals surface area contributed by atoms with Crippen LogP contribution >= 0.6 is 11.6 Å². The van der Waals surface area contributed by atoms with Crippen LogP contribution < -0.4 is 10.6 Å². The van der Waals surface area contributed by atoms with E-state index in [9.17, 15) is 14.9 Å². The number of carbonyl (C=O) groups is 1. The van der Waals surface area contributed by atoms with Crippen molar-refractivity contribution < 1.29 is 9.72 Å². The van der Waals surface area contributed by atoms with Gasteiger partial charge in [-0.15, -0.1) is 0 Å². The standard InChI is InChI=1S/C15H14ClN3O3/c1-10-5-6-11(16)7-14(10)17-9-15(20)18-12-3-2-4-13(8-12)19(21)22/h2-8,17H,9H2,1H3,(H,18,20). The van der Waals surface area contributed by atoms with Crippen molar-refractivity contribution in [2.24, 2.45) is 0 Å². The quantitative estimate of drug-likeness (QED) is 0.651. The summed E-state index contributed by atoms with van der Waals surface area (Å²) in [4.78, 5) is 22.1. The summed E-state index contributed by atoms with van der Waals surface area (Å²) in [5.74, 6) is -0.306. The number of anilines is 2. The third kappa shape index (κ3) is 4.20. The highest BCUT2D eigenvalue weighted by molar-refractivity contribution is 6.30. The molecule has 0 atom stereocenters. The van der Waals surface area contributed by atoms with Crippen molar-refractivity contribution in [3.63, 3.8) is 0 Å². The monoisotopic (exact) mass is 319 g/mol. The van der Waals surface area contributed by atoms with Gasteiger partial charge in [-0.25, -0.2) is 0 Å². The SMILES string of the molecule is Cc1ccc(Cl)cc1NCC(=O)Nc1cccc([N+](=O)[O-])c1. The molecule has 0 heterocycles. The van der Waals surface area contributed by atoms with Crippen molar-refractivity contribution in [3.8, 4) is 0 Å². The Labute approximate surface area is 132 Å². The zero-order valence-electron chi connectivity index (χ0n) is 11.8. The fraction of sp³-hybridized carbons (Fsp3) is 0.133. The molecule has 7 heteroatoms. The van der Waals surface area contributed by atoms with Crippen molar-refractivity contribution in [1.29, 1.82) is 0 Å². The van der Waals surface area contributed by atoms with E-state index in [1.165, 1.54) is 18.2 Å². The topological polar surface area (TPSA) is 84.3 Å². The molecule has 0 aliphatic rings. The molecule has 0 aromatic heterocycles. The number of nitro benzene ring substituents is 1. The van der Waals surface area contributed by atoms with Crippen LogP contribution in [0.1, 0.15) is 5.56 Å². The van der Waals surface area contributed by atoms with Crippen molar-refractivity contribution >= 4 is 34.6 Å². The first-order valence-electron chi connectivity index (χ1n) is 6.50. The van der Waals surface area contributed by atoms with Crippen LogP contribution in [0.25, 0.3) is 0 Å². The van der Waals surface area contributed by atoms with Gasteiger partial charge in [0.25, 0.3) is 5.69 Å². The van der Waals surface area contributed by atoms with E-state index >= 15 is 0 Å². The molecule has 2 N–H and O–H groups in total. The minimum absolute atomic E-state index is 0.0316. The lowest BCUT2D eigenvalue weighted by Gasteiger charge is -2.10. The predicted molar refractivity (Wildman–Crippen MR) is 86.4 cm³/mol. The molecule has 22 heavy (non-hydrogen) atoms. The molecular formula is C15H14ClN3O3. The van der Waals surface area contributed by atoms with Crippen LogP contribution in [-0.4, -0.2) is 17.4 Å². The number of nitro groups is 1. The number of hydrogen-bond donors (Lipinski definition) is 2. The first kappa shape index (κ1) is 15.8. The molecule has 114 valence electrons. The molecular weight excluding hydrogens is 306 g/mol. The van der Waals surface area contributed by atoms with Crippen LogP contribution in [0.15, 0.2) is 42.5 Å². The maximum Gasteiger partial charge on any atom is 0.271 e. The predicted octanol–water partition coefficient (Wildman–Crippen LogP) is 3.61. The fourth-order valence-corrected chi connectivity index (χ4v) is 2.03.